The number of benzene rings is 1. The van der Waals surface area contributed by atoms with Crippen LogP contribution in [0.15, 0.2) is 28.8 Å². The Morgan fingerprint density at radius 3 is 3.00 bits per heavy atom. The van der Waals surface area contributed by atoms with Gasteiger partial charge in [-0.3, -0.25) is 0 Å². The van der Waals surface area contributed by atoms with Gasteiger partial charge in [0.25, 0.3) is 5.89 Å². The zero-order chi connectivity index (χ0) is 12.5. The van der Waals surface area contributed by atoms with Crippen LogP contribution in [0.4, 0.5) is 0 Å². The SMILES string of the molecule is CC(O)c1nc(C2CCCc3ccccc32)no1. The van der Waals surface area contributed by atoms with Crippen molar-refractivity contribution in [3.8, 4) is 0 Å². The summed E-state index contributed by atoms with van der Waals surface area (Å²) in [5.74, 6) is 1.19. The highest BCUT2D eigenvalue weighted by molar-refractivity contribution is 5.36. The summed E-state index contributed by atoms with van der Waals surface area (Å²) in [5, 5.41) is 13.4. The smallest absolute Gasteiger partial charge is 0.255 e. The second-order valence-corrected chi connectivity index (χ2v) is 4.81. The van der Waals surface area contributed by atoms with E-state index in [0.29, 0.717) is 11.7 Å². The third-order valence-corrected chi connectivity index (χ3v) is 3.50. The standard InChI is InChI=1S/C14H16N2O2/c1-9(17)14-15-13(16-18-14)12-8-4-6-10-5-2-3-7-11(10)12/h2-3,5,7,9,12,17H,4,6,8H2,1H3. The fraction of sp³-hybridized carbons (Fsp3) is 0.429. The second kappa shape index (κ2) is 4.53. The molecule has 1 aliphatic rings. The number of rotatable bonds is 2. The van der Waals surface area contributed by atoms with Crippen molar-refractivity contribution in [3.63, 3.8) is 0 Å². The van der Waals surface area contributed by atoms with Crippen LogP contribution >= 0.6 is 0 Å². The molecule has 3 rings (SSSR count). The molecule has 1 N–H and O–H groups in total. The predicted octanol–water partition coefficient (Wildman–Crippen LogP) is 2.59. The number of aliphatic hydroxyl groups is 1. The summed E-state index contributed by atoms with van der Waals surface area (Å²) in [7, 11) is 0. The number of nitrogens with zero attached hydrogens (tertiary/aromatic N) is 2. The van der Waals surface area contributed by atoms with Gasteiger partial charge in [-0.1, -0.05) is 29.4 Å². The molecule has 1 aromatic carbocycles. The third kappa shape index (κ3) is 1.93. The second-order valence-electron chi connectivity index (χ2n) is 4.81. The maximum absolute atomic E-state index is 9.43. The van der Waals surface area contributed by atoms with Crippen molar-refractivity contribution in [2.75, 3.05) is 0 Å². The highest BCUT2D eigenvalue weighted by atomic mass is 16.5. The quantitative estimate of drug-likeness (QED) is 0.882. The van der Waals surface area contributed by atoms with Crippen LogP contribution in [0.2, 0.25) is 0 Å². The van der Waals surface area contributed by atoms with E-state index in [-0.39, 0.29) is 5.92 Å². The molecule has 4 nitrogen and oxygen atoms in total. The molecule has 0 fully saturated rings. The van der Waals surface area contributed by atoms with Crippen LogP contribution in [0.1, 0.15) is 54.6 Å². The van der Waals surface area contributed by atoms with Crippen molar-refractivity contribution in [2.45, 2.75) is 38.2 Å². The van der Waals surface area contributed by atoms with Crippen molar-refractivity contribution >= 4 is 0 Å². The first kappa shape index (κ1) is 11.4. The van der Waals surface area contributed by atoms with Gasteiger partial charge in [0.05, 0.1) is 0 Å². The lowest BCUT2D eigenvalue weighted by atomic mass is 9.82. The fourth-order valence-electron chi connectivity index (χ4n) is 2.58. The average Bonchev–Trinajstić information content (AvgIpc) is 2.87. The molecule has 2 aromatic rings. The molecule has 0 radical (unpaired) electrons. The molecule has 0 saturated carbocycles. The molecular weight excluding hydrogens is 228 g/mol. The number of hydrogen-bond donors (Lipinski definition) is 1. The summed E-state index contributed by atoms with van der Waals surface area (Å²) < 4.78 is 5.08. The first-order chi connectivity index (χ1) is 8.75. The summed E-state index contributed by atoms with van der Waals surface area (Å²) in [6.07, 6.45) is 2.59. The van der Waals surface area contributed by atoms with Gasteiger partial charge in [-0.2, -0.15) is 4.98 Å². The highest BCUT2D eigenvalue weighted by Crippen LogP contribution is 2.35. The normalized spacial score (nSPS) is 20.4. The summed E-state index contributed by atoms with van der Waals surface area (Å²) in [6.45, 7) is 1.63. The van der Waals surface area contributed by atoms with E-state index >= 15 is 0 Å². The third-order valence-electron chi connectivity index (χ3n) is 3.50. The van der Waals surface area contributed by atoms with Gasteiger partial charge in [0.15, 0.2) is 5.82 Å². The summed E-state index contributed by atoms with van der Waals surface area (Å²) in [6, 6.07) is 8.42. The van der Waals surface area contributed by atoms with E-state index in [2.05, 4.69) is 28.3 Å². The average molecular weight is 244 g/mol. The maximum atomic E-state index is 9.43. The highest BCUT2D eigenvalue weighted by Gasteiger charge is 2.26. The summed E-state index contributed by atoms with van der Waals surface area (Å²) in [5.41, 5.74) is 2.67. The minimum atomic E-state index is -0.704. The van der Waals surface area contributed by atoms with Gasteiger partial charge in [0.1, 0.15) is 6.10 Å². The van der Waals surface area contributed by atoms with Crippen LogP contribution in [-0.4, -0.2) is 15.2 Å². The summed E-state index contributed by atoms with van der Waals surface area (Å²) in [4.78, 5) is 4.30. The number of aliphatic hydroxyl groups excluding tert-OH is 1. The van der Waals surface area contributed by atoms with Crippen molar-refractivity contribution in [1.82, 2.24) is 10.1 Å². The van der Waals surface area contributed by atoms with E-state index in [0.717, 1.165) is 19.3 Å². The number of hydrogen-bond acceptors (Lipinski definition) is 4. The van der Waals surface area contributed by atoms with E-state index < -0.39 is 6.10 Å². The molecule has 1 aliphatic carbocycles. The molecule has 18 heavy (non-hydrogen) atoms. The molecule has 0 bridgehead atoms. The Kier molecular flexibility index (Phi) is 2.88. The van der Waals surface area contributed by atoms with Crippen molar-refractivity contribution < 1.29 is 9.63 Å². The van der Waals surface area contributed by atoms with E-state index in [1.807, 2.05) is 6.07 Å². The monoisotopic (exact) mass is 244 g/mol. The predicted molar refractivity (Wildman–Crippen MR) is 66.2 cm³/mol. The molecule has 0 saturated heterocycles. The van der Waals surface area contributed by atoms with E-state index in [4.69, 9.17) is 4.52 Å². The molecular formula is C14H16N2O2. The Morgan fingerprint density at radius 1 is 1.39 bits per heavy atom. The Labute approximate surface area is 106 Å². The lowest BCUT2D eigenvalue weighted by molar-refractivity contribution is 0.151. The lowest BCUT2D eigenvalue weighted by Gasteiger charge is -2.22. The topological polar surface area (TPSA) is 59.2 Å². The minimum Gasteiger partial charge on any atom is -0.384 e. The lowest BCUT2D eigenvalue weighted by Crippen LogP contribution is -2.12. The molecule has 2 unspecified atom stereocenters. The van der Waals surface area contributed by atoms with Gasteiger partial charge < -0.3 is 9.63 Å². The van der Waals surface area contributed by atoms with Gasteiger partial charge >= 0.3 is 0 Å². The van der Waals surface area contributed by atoms with Gasteiger partial charge in [0, 0.05) is 5.92 Å². The van der Waals surface area contributed by atoms with Gasteiger partial charge in [-0.25, -0.2) is 0 Å². The molecule has 94 valence electrons. The first-order valence-electron chi connectivity index (χ1n) is 6.35. The molecule has 0 spiro atoms. The molecule has 0 amide bonds. The van der Waals surface area contributed by atoms with E-state index in [1.54, 1.807) is 6.92 Å². The number of fused-ring (bicyclic) bond motifs is 1. The maximum Gasteiger partial charge on any atom is 0.255 e. The zero-order valence-electron chi connectivity index (χ0n) is 10.3. The Morgan fingerprint density at radius 2 is 2.22 bits per heavy atom. The Hall–Kier alpha value is -1.68. The van der Waals surface area contributed by atoms with Crippen molar-refractivity contribution in [3.05, 3.63) is 47.1 Å². The largest absolute Gasteiger partial charge is 0.384 e. The van der Waals surface area contributed by atoms with Crippen LogP contribution in [-0.2, 0) is 6.42 Å². The molecule has 2 atom stereocenters. The van der Waals surface area contributed by atoms with E-state index in [1.165, 1.54) is 11.1 Å². The van der Waals surface area contributed by atoms with Gasteiger partial charge in [-0.05, 0) is 37.3 Å². The number of aromatic nitrogens is 2. The summed E-state index contributed by atoms with van der Waals surface area (Å²) >= 11 is 0. The van der Waals surface area contributed by atoms with Gasteiger partial charge in [0.2, 0.25) is 0 Å². The van der Waals surface area contributed by atoms with Crippen LogP contribution in [0.3, 0.4) is 0 Å². The van der Waals surface area contributed by atoms with Crippen LogP contribution in [0, 0.1) is 0 Å². The molecule has 1 heterocycles. The fourth-order valence-corrected chi connectivity index (χ4v) is 2.58. The van der Waals surface area contributed by atoms with Crippen molar-refractivity contribution in [2.24, 2.45) is 0 Å². The Bertz CT molecular complexity index is 548. The molecule has 4 heteroatoms. The molecule has 1 aromatic heterocycles. The van der Waals surface area contributed by atoms with Crippen LogP contribution in [0.25, 0.3) is 0 Å². The number of aryl methyl sites for hydroxylation is 1. The van der Waals surface area contributed by atoms with Crippen LogP contribution < -0.4 is 0 Å². The van der Waals surface area contributed by atoms with Crippen molar-refractivity contribution in [1.29, 1.82) is 0 Å². The van der Waals surface area contributed by atoms with Gasteiger partial charge in [-0.15, -0.1) is 0 Å². The Balaban J connectivity index is 1.97. The van der Waals surface area contributed by atoms with Crippen LogP contribution in [0.5, 0.6) is 0 Å². The minimum absolute atomic E-state index is 0.200. The molecule has 0 aliphatic heterocycles. The van der Waals surface area contributed by atoms with E-state index in [9.17, 15) is 5.11 Å². The first-order valence-corrected chi connectivity index (χ1v) is 6.35. The zero-order valence-corrected chi connectivity index (χ0v) is 10.3.